The molecule has 0 heterocycles. The van der Waals surface area contributed by atoms with Crippen LogP contribution in [0.3, 0.4) is 0 Å². The number of ether oxygens (including phenoxy) is 1. The third kappa shape index (κ3) is 3.89. The number of halogens is 1. The Labute approximate surface area is 107 Å². The van der Waals surface area contributed by atoms with E-state index in [1.54, 1.807) is 7.11 Å². The number of hydrogen-bond acceptors (Lipinski definition) is 2. The molecule has 0 aliphatic carbocycles. The van der Waals surface area contributed by atoms with Gasteiger partial charge >= 0.3 is 0 Å². The van der Waals surface area contributed by atoms with Crippen LogP contribution < -0.4 is 5.32 Å². The summed E-state index contributed by atoms with van der Waals surface area (Å²) in [6.07, 6.45) is 0.220. The fourth-order valence-corrected chi connectivity index (χ4v) is 1.85. The summed E-state index contributed by atoms with van der Waals surface area (Å²) < 4.78 is 6.41. The lowest BCUT2D eigenvalue weighted by Crippen LogP contribution is -2.38. The van der Waals surface area contributed by atoms with Crippen LogP contribution in [-0.2, 0) is 4.74 Å². The van der Waals surface area contributed by atoms with E-state index in [-0.39, 0.29) is 6.10 Å². The summed E-state index contributed by atoms with van der Waals surface area (Å²) in [6.45, 7) is 6.39. The van der Waals surface area contributed by atoms with E-state index in [2.05, 4.69) is 66.3 Å². The van der Waals surface area contributed by atoms with Crippen molar-refractivity contribution in [1.29, 1.82) is 0 Å². The first-order chi connectivity index (χ1) is 7.54. The quantitative estimate of drug-likeness (QED) is 0.894. The number of hydrogen-bond donors (Lipinski definition) is 1. The van der Waals surface area contributed by atoms with Gasteiger partial charge in [-0.25, -0.2) is 0 Å². The maximum Gasteiger partial charge on any atom is 0.0693 e. The molecule has 0 aliphatic heterocycles. The van der Waals surface area contributed by atoms with E-state index < -0.39 is 0 Å². The molecule has 0 spiro atoms. The van der Waals surface area contributed by atoms with Crippen LogP contribution in [0.5, 0.6) is 0 Å². The molecule has 90 valence electrons. The van der Waals surface area contributed by atoms with Gasteiger partial charge in [0.15, 0.2) is 0 Å². The molecule has 0 bridgehead atoms. The van der Waals surface area contributed by atoms with Crippen LogP contribution in [0.4, 0.5) is 0 Å². The first-order valence-corrected chi connectivity index (χ1v) is 6.38. The number of rotatable bonds is 5. The zero-order valence-electron chi connectivity index (χ0n) is 10.3. The zero-order chi connectivity index (χ0) is 12.1. The fourth-order valence-electron chi connectivity index (χ4n) is 1.58. The van der Waals surface area contributed by atoms with Crippen LogP contribution in [0.1, 0.15) is 32.4 Å². The van der Waals surface area contributed by atoms with Gasteiger partial charge in [0.1, 0.15) is 0 Å². The SMILES string of the molecule is COC(C)C(C)N[C@H](C)c1ccc(Br)cc1. The third-order valence-electron chi connectivity index (χ3n) is 2.96. The van der Waals surface area contributed by atoms with Gasteiger partial charge in [-0.05, 0) is 38.5 Å². The van der Waals surface area contributed by atoms with Gasteiger partial charge in [-0.3, -0.25) is 0 Å². The molecule has 0 radical (unpaired) electrons. The highest BCUT2D eigenvalue weighted by atomic mass is 79.9. The molecular weight excluding hydrogens is 266 g/mol. The number of benzene rings is 1. The lowest BCUT2D eigenvalue weighted by Gasteiger charge is -2.24. The maximum atomic E-state index is 5.30. The van der Waals surface area contributed by atoms with Crippen molar-refractivity contribution in [2.24, 2.45) is 0 Å². The van der Waals surface area contributed by atoms with Crippen molar-refractivity contribution in [3.8, 4) is 0 Å². The minimum absolute atomic E-state index is 0.220. The van der Waals surface area contributed by atoms with E-state index >= 15 is 0 Å². The second kappa shape index (κ2) is 6.38. The van der Waals surface area contributed by atoms with E-state index in [4.69, 9.17) is 4.74 Å². The average Bonchev–Trinajstić information content (AvgIpc) is 2.28. The van der Waals surface area contributed by atoms with E-state index in [9.17, 15) is 0 Å². The first-order valence-electron chi connectivity index (χ1n) is 5.59. The largest absolute Gasteiger partial charge is 0.380 e. The van der Waals surface area contributed by atoms with Gasteiger partial charge in [0.2, 0.25) is 0 Å². The summed E-state index contributed by atoms with van der Waals surface area (Å²) in [5.41, 5.74) is 1.29. The fraction of sp³-hybridized carbons (Fsp3) is 0.538. The van der Waals surface area contributed by atoms with Crippen LogP contribution in [0.2, 0.25) is 0 Å². The predicted molar refractivity (Wildman–Crippen MR) is 71.6 cm³/mol. The smallest absolute Gasteiger partial charge is 0.0693 e. The second-order valence-electron chi connectivity index (χ2n) is 4.17. The molecule has 0 fully saturated rings. The van der Waals surface area contributed by atoms with Crippen LogP contribution in [0.25, 0.3) is 0 Å². The van der Waals surface area contributed by atoms with E-state index in [0.717, 1.165) is 4.47 Å². The van der Waals surface area contributed by atoms with Crippen molar-refractivity contribution in [2.45, 2.75) is 39.0 Å². The van der Waals surface area contributed by atoms with Crippen LogP contribution in [0.15, 0.2) is 28.7 Å². The average molecular weight is 286 g/mol. The molecule has 2 unspecified atom stereocenters. The Hall–Kier alpha value is -0.380. The summed E-state index contributed by atoms with van der Waals surface area (Å²) in [4.78, 5) is 0. The minimum Gasteiger partial charge on any atom is -0.380 e. The number of nitrogens with one attached hydrogen (secondary N) is 1. The molecule has 3 heteroatoms. The zero-order valence-corrected chi connectivity index (χ0v) is 11.9. The Balaban J connectivity index is 2.58. The molecule has 1 aromatic carbocycles. The van der Waals surface area contributed by atoms with Crippen molar-refractivity contribution >= 4 is 15.9 Å². The van der Waals surface area contributed by atoms with Crippen molar-refractivity contribution in [3.05, 3.63) is 34.3 Å². The van der Waals surface area contributed by atoms with Crippen molar-refractivity contribution < 1.29 is 4.74 Å². The summed E-state index contributed by atoms with van der Waals surface area (Å²) in [6, 6.07) is 9.07. The lowest BCUT2D eigenvalue weighted by atomic mass is 10.1. The van der Waals surface area contributed by atoms with Crippen LogP contribution in [-0.4, -0.2) is 19.3 Å². The standard InChI is InChI=1S/C13H20BrNO/c1-9(11(3)16-4)15-10(2)12-5-7-13(14)8-6-12/h5-11,15H,1-4H3/t9?,10-,11?/m1/s1. The summed E-state index contributed by atoms with van der Waals surface area (Å²) in [7, 11) is 1.74. The molecule has 0 aromatic heterocycles. The maximum absolute atomic E-state index is 5.30. The van der Waals surface area contributed by atoms with Crippen molar-refractivity contribution in [2.75, 3.05) is 7.11 Å². The van der Waals surface area contributed by atoms with E-state index in [1.165, 1.54) is 5.56 Å². The van der Waals surface area contributed by atoms with Crippen LogP contribution >= 0.6 is 15.9 Å². The molecule has 16 heavy (non-hydrogen) atoms. The van der Waals surface area contributed by atoms with E-state index in [0.29, 0.717) is 12.1 Å². The molecule has 3 atom stereocenters. The molecule has 0 aliphatic rings. The molecule has 0 amide bonds. The Kier molecular flexibility index (Phi) is 5.46. The molecule has 0 saturated heterocycles. The summed E-state index contributed by atoms with van der Waals surface area (Å²) in [5.74, 6) is 0. The third-order valence-corrected chi connectivity index (χ3v) is 3.49. The molecule has 1 N–H and O–H groups in total. The van der Waals surface area contributed by atoms with Crippen molar-refractivity contribution in [3.63, 3.8) is 0 Å². The first kappa shape index (κ1) is 13.7. The Morgan fingerprint density at radius 1 is 1.12 bits per heavy atom. The van der Waals surface area contributed by atoms with Gasteiger partial charge in [-0.2, -0.15) is 0 Å². The minimum atomic E-state index is 0.220. The molecule has 1 rings (SSSR count). The molecule has 2 nitrogen and oxygen atoms in total. The molecule has 0 saturated carbocycles. The predicted octanol–water partition coefficient (Wildman–Crippen LogP) is 3.52. The summed E-state index contributed by atoms with van der Waals surface area (Å²) >= 11 is 3.44. The number of methoxy groups -OCH3 is 1. The van der Waals surface area contributed by atoms with Gasteiger partial charge < -0.3 is 10.1 Å². The van der Waals surface area contributed by atoms with Gasteiger partial charge in [-0.1, -0.05) is 28.1 Å². The second-order valence-corrected chi connectivity index (χ2v) is 5.09. The Morgan fingerprint density at radius 2 is 1.69 bits per heavy atom. The Morgan fingerprint density at radius 3 is 2.19 bits per heavy atom. The summed E-state index contributed by atoms with van der Waals surface area (Å²) in [5, 5.41) is 3.53. The van der Waals surface area contributed by atoms with Gasteiger partial charge in [-0.15, -0.1) is 0 Å². The van der Waals surface area contributed by atoms with Gasteiger partial charge in [0.25, 0.3) is 0 Å². The topological polar surface area (TPSA) is 21.3 Å². The van der Waals surface area contributed by atoms with Crippen LogP contribution in [0, 0.1) is 0 Å². The molecular formula is C13H20BrNO. The lowest BCUT2D eigenvalue weighted by molar-refractivity contribution is 0.0852. The highest BCUT2D eigenvalue weighted by Gasteiger charge is 2.14. The highest BCUT2D eigenvalue weighted by molar-refractivity contribution is 9.10. The van der Waals surface area contributed by atoms with E-state index in [1.807, 2.05) is 0 Å². The Bertz CT molecular complexity index is 312. The highest BCUT2D eigenvalue weighted by Crippen LogP contribution is 2.17. The monoisotopic (exact) mass is 285 g/mol. The normalized spacial score (nSPS) is 16.8. The van der Waals surface area contributed by atoms with Crippen molar-refractivity contribution in [1.82, 2.24) is 5.32 Å². The van der Waals surface area contributed by atoms with Gasteiger partial charge in [0, 0.05) is 23.7 Å². The van der Waals surface area contributed by atoms with Gasteiger partial charge in [0.05, 0.1) is 6.10 Å². The molecule has 1 aromatic rings.